The summed E-state index contributed by atoms with van der Waals surface area (Å²) in [4.78, 5) is 14.1. The summed E-state index contributed by atoms with van der Waals surface area (Å²) in [5, 5.41) is 0. The lowest BCUT2D eigenvalue weighted by molar-refractivity contribution is -0.00461. The third kappa shape index (κ3) is 2.74. The number of methoxy groups -OCH3 is 2. The molecule has 0 bridgehead atoms. The molecule has 1 fully saturated rings. The van der Waals surface area contributed by atoms with Crippen molar-refractivity contribution in [1.29, 1.82) is 0 Å². The van der Waals surface area contributed by atoms with Gasteiger partial charge in [-0.3, -0.25) is 4.79 Å². The zero-order valence-corrected chi connectivity index (χ0v) is 12.0. The molecule has 2 unspecified atom stereocenters. The highest BCUT2D eigenvalue weighted by atomic mass is 79.9. The van der Waals surface area contributed by atoms with Crippen molar-refractivity contribution in [3.63, 3.8) is 0 Å². The van der Waals surface area contributed by atoms with Gasteiger partial charge in [0.1, 0.15) is 12.2 Å². The van der Waals surface area contributed by atoms with Crippen molar-refractivity contribution in [3.8, 4) is 0 Å². The summed E-state index contributed by atoms with van der Waals surface area (Å²) in [6.45, 7) is 1.15. The van der Waals surface area contributed by atoms with Gasteiger partial charge in [-0.25, -0.2) is 0 Å². The summed E-state index contributed by atoms with van der Waals surface area (Å²) >= 11 is 3.35. The fraction of sp³-hybridized carbons (Fsp3) is 0.462. The zero-order chi connectivity index (χ0) is 13.1. The van der Waals surface area contributed by atoms with E-state index in [-0.39, 0.29) is 18.1 Å². The van der Waals surface area contributed by atoms with Gasteiger partial charge in [-0.15, -0.1) is 0 Å². The van der Waals surface area contributed by atoms with E-state index in [1.807, 2.05) is 24.3 Å². The van der Waals surface area contributed by atoms with E-state index >= 15 is 0 Å². The minimum atomic E-state index is -0.0469. The van der Waals surface area contributed by atoms with Crippen LogP contribution in [-0.4, -0.2) is 50.3 Å². The Bertz CT molecular complexity index is 409. The maximum Gasteiger partial charge on any atom is 0.254 e. The molecule has 0 aliphatic carbocycles. The van der Waals surface area contributed by atoms with Crippen molar-refractivity contribution in [2.24, 2.45) is 0 Å². The van der Waals surface area contributed by atoms with Crippen molar-refractivity contribution >= 4 is 21.8 Å². The Morgan fingerprint density at radius 2 is 1.67 bits per heavy atom. The second kappa shape index (κ2) is 5.82. The minimum absolute atomic E-state index is 0.0177. The second-order valence-corrected chi connectivity index (χ2v) is 5.18. The van der Waals surface area contributed by atoms with Crippen LogP contribution in [-0.2, 0) is 9.47 Å². The van der Waals surface area contributed by atoms with E-state index in [0.717, 1.165) is 4.47 Å². The maximum absolute atomic E-state index is 12.3. The van der Waals surface area contributed by atoms with Crippen molar-refractivity contribution < 1.29 is 14.3 Å². The van der Waals surface area contributed by atoms with E-state index in [2.05, 4.69) is 15.9 Å². The van der Waals surface area contributed by atoms with Crippen LogP contribution in [0.2, 0.25) is 0 Å². The van der Waals surface area contributed by atoms with Crippen molar-refractivity contribution in [1.82, 2.24) is 4.90 Å². The van der Waals surface area contributed by atoms with E-state index < -0.39 is 0 Å². The summed E-state index contributed by atoms with van der Waals surface area (Å²) in [7, 11) is 3.29. The highest BCUT2D eigenvalue weighted by Crippen LogP contribution is 2.19. The highest BCUT2D eigenvalue weighted by Gasteiger charge is 2.35. The van der Waals surface area contributed by atoms with Crippen LogP contribution in [0.4, 0.5) is 0 Å². The van der Waals surface area contributed by atoms with Gasteiger partial charge in [-0.2, -0.15) is 0 Å². The molecule has 18 heavy (non-hydrogen) atoms. The van der Waals surface area contributed by atoms with Gasteiger partial charge in [0.25, 0.3) is 5.91 Å². The Hall–Kier alpha value is -0.910. The average Bonchev–Trinajstić information content (AvgIpc) is 2.82. The SMILES string of the molecule is COC1CN(C(=O)c2ccc(Br)cc2)CC1OC. The van der Waals surface area contributed by atoms with Crippen LogP contribution < -0.4 is 0 Å². The summed E-state index contributed by atoms with van der Waals surface area (Å²) in [5.74, 6) is 0.0177. The van der Waals surface area contributed by atoms with Gasteiger partial charge in [0, 0.05) is 37.3 Å². The molecule has 0 saturated carbocycles. The van der Waals surface area contributed by atoms with Gasteiger partial charge in [-0.05, 0) is 24.3 Å². The number of amides is 1. The molecule has 4 nitrogen and oxygen atoms in total. The predicted octanol–water partition coefficient (Wildman–Crippen LogP) is 1.93. The second-order valence-electron chi connectivity index (χ2n) is 4.27. The molecule has 2 atom stereocenters. The van der Waals surface area contributed by atoms with Crippen molar-refractivity contribution in [3.05, 3.63) is 34.3 Å². The molecule has 0 spiro atoms. The lowest BCUT2D eigenvalue weighted by atomic mass is 10.2. The highest BCUT2D eigenvalue weighted by molar-refractivity contribution is 9.10. The number of nitrogens with zero attached hydrogens (tertiary/aromatic N) is 1. The van der Waals surface area contributed by atoms with E-state index in [1.54, 1.807) is 19.1 Å². The number of benzene rings is 1. The molecule has 0 radical (unpaired) electrons. The van der Waals surface area contributed by atoms with Gasteiger partial charge < -0.3 is 14.4 Å². The van der Waals surface area contributed by atoms with Crippen LogP contribution in [0, 0.1) is 0 Å². The molecule has 2 rings (SSSR count). The third-order valence-corrected chi connectivity index (χ3v) is 3.73. The Kier molecular flexibility index (Phi) is 4.37. The average molecular weight is 314 g/mol. The number of hydrogen-bond donors (Lipinski definition) is 0. The molecule has 1 aromatic rings. The molecular weight excluding hydrogens is 298 g/mol. The van der Waals surface area contributed by atoms with Crippen molar-refractivity contribution in [2.75, 3.05) is 27.3 Å². The number of halogens is 1. The first-order valence-electron chi connectivity index (χ1n) is 5.76. The number of ether oxygens (including phenoxy) is 2. The molecule has 98 valence electrons. The summed E-state index contributed by atoms with van der Waals surface area (Å²) < 4.78 is 11.6. The van der Waals surface area contributed by atoms with Gasteiger partial charge in [-0.1, -0.05) is 15.9 Å². The summed E-state index contributed by atoms with van der Waals surface area (Å²) in [5.41, 5.74) is 0.685. The first-order valence-corrected chi connectivity index (χ1v) is 6.55. The summed E-state index contributed by atoms with van der Waals surface area (Å²) in [6.07, 6.45) is -0.0937. The van der Waals surface area contributed by atoms with Gasteiger partial charge in [0.05, 0.1) is 0 Å². The molecule has 1 aliphatic heterocycles. The van der Waals surface area contributed by atoms with Crippen LogP contribution in [0.3, 0.4) is 0 Å². The van der Waals surface area contributed by atoms with Crippen LogP contribution in [0.15, 0.2) is 28.7 Å². The monoisotopic (exact) mass is 313 g/mol. The molecule has 1 saturated heterocycles. The number of carbonyl (C=O) groups is 1. The smallest absolute Gasteiger partial charge is 0.254 e. The minimum Gasteiger partial charge on any atom is -0.377 e. The normalized spacial score (nSPS) is 23.4. The number of carbonyl (C=O) groups excluding carboxylic acids is 1. The first kappa shape index (κ1) is 13.5. The number of rotatable bonds is 3. The third-order valence-electron chi connectivity index (χ3n) is 3.20. The molecule has 1 aromatic carbocycles. The van der Waals surface area contributed by atoms with Gasteiger partial charge in [0.15, 0.2) is 0 Å². The first-order chi connectivity index (χ1) is 8.65. The zero-order valence-electron chi connectivity index (χ0n) is 10.4. The van der Waals surface area contributed by atoms with E-state index in [0.29, 0.717) is 18.7 Å². The molecule has 1 aliphatic rings. The molecule has 0 aromatic heterocycles. The fourth-order valence-corrected chi connectivity index (χ4v) is 2.40. The standard InChI is InChI=1S/C13H16BrNO3/c1-17-11-7-15(8-12(11)18-2)13(16)9-3-5-10(14)6-4-9/h3-6,11-12H,7-8H2,1-2H3. The lowest BCUT2D eigenvalue weighted by Crippen LogP contribution is -2.29. The Morgan fingerprint density at radius 1 is 1.17 bits per heavy atom. The predicted molar refractivity (Wildman–Crippen MR) is 71.6 cm³/mol. The Balaban J connectivity index is 2.09. The lowest BCUT2D eigenvalue weighted by Gasteiger charge is -2.15. The molecule has 5 heteroatoms. The number of hydrogen-bond acceptors (Lipinski definition) is 3. The van der Waals surface area contributed by atoms with E-state index in [4.69, 9.17) is 9.47 Å². The molecule has 0 N–H and O–H groups in total. The Labute approximate surface area is 115 Å². The van der Waals surface area contributed by atoms with Crippen LogP contribution >= 0.6 is 15.9 Å². The van der Waals surface area contributed by atoms with Crippen LogP contribution in [0.1, 0.15) is 10.4 Å². The molecular formula is C13H16BrNO3. The van der Waals surface area contributed by atoms with Crippen LogP contribution in [0.5, 0.6) is 0 Å². The number of likely N-dealkylation sites (tertiary alicyclic amines) is 1. The molecule has 1 heterocycles. The quantitative estimate of drug-likeness (QED) is 0.856. The van der Waals surface area contributed by atoms with Crippen LogP contribution in [0.25, 0.3) is 0 Å². The topological polar surface area (TPSA) is 38.8 Å². The van der Waals surface area contributed by atoms with E-state index in [1.165, 1.54) is 0 Å². The molecule has 1 amide bonds. The Morgan fingerprint density at radius 3 is 2.11 bits per heavy atom. The fourth-order valence-electron chi connectivity index (χ4n) is 2.14. The van der Waals surface area contributed by atoms with Gasteiger partial charge in [0.2, 0.25) is 0 Å². The largest absolute Gasteiger partial charge is 0.377 e. The van der Waals surface area contributed by atoms with E-state index in [9.17, 15) is 4.79 Å². The van der Waals surface area contributed by atoms with Crippen molar-refractivity contribution in [2.45, 2.75) is 12.2 Å². The maximum atomic E-state index is 12.3. The summed E-state index contributed by atoms with van der Waals surface area (Å²) in [6, 6.07) is 7.36. The van der Waals surface area contributed by atoms with Gasteiger partial charge >= 0.3 is 0 Å².